The van der Waals surface area contributed by atoms with Crippen LogP contribution < -0.4 is 0 Å². The summed E-state index contributed by atoms with van der Waals surface area (Å²) in [5.74, 6) is 0.576. The largest absolute Gasteiger partial charge is 0.389 e. The van der Waals surface area contributed by atoms with Crippen LogP contribution in [-0.2, 0) is 19.7 Å². The van der Waals surface area contributed by atoms with Crippen molar-refractivity contribution in [1.29, 1.82) is 0 Å². The van der Waals surface area contributed by atoms with Gasteiger partial charge in [-0.1, -0.05) is 30.3 Å². The SMILES string of the molecule is OCc1nc2ccccc2n1C[C@@H](O)Cn1ccc2ccccc21. The summed E-state index contributed by atoms with van der Waals surface area (Å²) in [6, 6.07) is 17.9. The van der Waals surface area contributed by atoms with Crippen molar-refractivity contribution in [2.24, 2.45) is 0 Å². The van der Waals surface area contributed by atoms with Crippen LogP contribution in [0.3, 0.4) is 0 Å². The fourth-order valence-electron chi connectivity index (χ4n) is 3.25. The highest BCUT2D eigenvalue weighted by molar-refractivity contribution is 5.80. The second-order valence-electron chi connectivity index (χ2n) is 5.97. The smallest absolute Gasteiger partial charge is 0.135 e. The van der Waals surface area contributed by atoms with Crippen LogP contribution in [0.2, 0.25) is 0 Å². The summed E-state index contributed by atoms with van der Waals surface area (Å²) in [4.78, 5) is 4.43. The molecule has 24 heavy (non-hydrogen) atoms. The first kappa shape index (κ1) is 14.9. The summed E-state index contributed by atoms with van der Waals surface area (Å²) in [5, 5.41) is 21.3. The van der Waals surface area contributed by atoms with Crippen molar-refractivity contribution in [1.82, 2.24) is 14.1 Å². The number of para-hydroxylation sites is 3. The number of rotatable bonds is 5. The first-order valence-corrected chi connectivity index (χ1v) is 8.03. The number of hydrogen-bond acceptors (Lipinski definition) is 3. The van der Waals surface area contributed by atoms with Crippen molar-refractivity contribution >= 4 is 21.9 Å². The second kappa shape index (κ2) is 6.11. The Balaban J connectivity index is 1.61. The highest BCUT2D eigenvalue weighted by Gasteiger charge is 2.14. The lowest BCUT2D eigenvalue weighted by Gasteiger charge is -2.15. The summed E-state index contributed by atoms with van der Waals surface area (Å²) in [6.07, 6.45) is 1.41. The average molecular weight is 321 g/mol. The first-order chi connectivity index (χ1) is 11.8. The molecular weight excluding hydrogens is 302 g/mol. The molecule has 0 aliphatic heterocycles. The zero-order valence-electron chi connectivity index (χ0n) is 13.2. The summed E-state index contributed by atoms with van der Waals surface area (Å²) in [6.45, 7) is 0.738. The highest BCUT2D eigenvalue weighted by Crippen LogP contribution is 2.19. The van der Waals surface area contributed by atoms with Crippen molar-refractivity contribution in [3.63, 3.8) is 0 Å². The third-order valence-corrected chi connectivity index (χ3v) is 4.36. The molecule has 5 heteroatoms. The molecule has 4 rings (SSSR count). The van der Waals surface area contributed by atoms with E-state index in [0.29, 0.717) is 18.9 Å². The third kappa shape index (κ3) is 2.58. The molecule has 0 aliphatic rings. The van der Waals surface area contributed by atoms with Gasteiger partial charge in [-0.25, -0.2) is 4.98 Å². The van der Waals surface area contributed by atoms with E-state index in [1.165, 1.54) is 0 Å². The normalized spacial score (nSPS) is 12.9. The second-order valence-corrected chi connectivity index (χ2v) is 5.97. The molecule has 0 saturated heterocycles. The molecule has 0 amide bonds. The number of fused-ring (bicyclic) bond motifs is 2. The minimum atomic E-state index is -0.580. The molecule has 2 aromatic heterocycles. The standard InChI is InChI=1S/C19H19N3O2/c23-13-19-20-16-6-2-4-8-18(16)22(19)12-15(24)11-21-10-9-14-5-1-3-7-17(14)21/h1-10,15,23-24H,11-13H2/t15-/m0/s1. The van der Waals surface area contributed by atoms with Crippen LogP contribution in [0.4, 0.5) is 0 Å². The van der Waals surface area contributed by atoms with Crippen LogP contribution >= 0.6 is 0 Å². The number of benzene rings is 2. The molecule has 0 fully saturated rings. The van der Waals surface area contributed by atoms with Gasteiger partial charge in [0, 0.05) is 11.7 Å². The Labute approximate surface area is 139 Å². The molecule has 1 atom stereocenters. The molecular formula is C19H19N3O2. The summed E-state index contributed by atoms with van der Waals surface area (Å²) in [7, 11) is 0. The van der Waals surface area contributed by atoms with E-state index in [4.69, 9.17) is 0 Å². The maximum absolute atomic E-state index is 10.6. The molecule has 0 radical (unpaired) electrons. The van der Waals surface area contributed by atoms with Crippen LogP contribution in [0.25, 0.3) is 21.9 Å². The van der Waals surface area contributed by atoms with Gasteiger partial charge in [0.1, 0.15) is 12.4 Å². The lowest BCUT2D eigenvalue weighted by Crippen LogP contribution is -2.23. The van der Waals surface area contributed by atoms with E-state index >= 15 is 0 Å². The molecule has 122 valence electrons. The maximum Gasteiger partial charge on any atom is 0.135 e. The lowest BCUT2D eigenvalue weighted by molar-refractivity contribution is 0.134. The Morgan fingerprint density at radius 2 is 1.67 bits per heavy atom. The Hall–Kier alpha value is -2.63. The molecule has 0 bridgehead atoms. The van der Waals surface area contributed by atoms with Gasteiger partial charge in [-0.3, -0.25) is 0 Å². The monoisotopic (exact) mass is 321 g/mol. The van der Waals surface area contributed by atoms with E-state index in [1.807, 2.05) is 59.3 Å². The number of aliphatic hydroxyl groups is 2. The van der Waals surface area contributed by atoms with Crippen LogP contribution in [-0.4, -0.2) is 30.4 Å². The van der Waals surface area contributed by atoms with Gasteiger partial charge >= 0.3 is 0 Å². The molecule has 2 heterocycles. The lowest BCUT2D eigenvalue weighted by atomic mass is 10.2. The fraction of sp³-hybridized carbons (Fsp3) is 0.211. The van der Waals surface area contributed by atoms with Gasteiger partial charge < -0.3 is 19.3 Å². The van der Waals surface area contributed by atoms with Crippen molar-refractivity contribution in [3.05, 3.63) is 66.6 Å². The topological polar surface area (TPSA) is 63.2 Å². The van der Waals surface area contributed by atoms with Gasteiger partial charge in [0.25, 0.3) is 0 Å². The Morgan fingerprint density at radius 3 is 2.50 bits per heavy atom. The number of imidazole rings is 1. The van der Waals surface area contributed by atoms with Gasteiger partial charge in [0.2, 0.25) is 0 Å². The molecule has 2 N–H and O–H groups in total. The maximum atomic E-state index is 10.6. The van der Waals surface area contributed by atoms with E-state index in [-0.39, 0.29) is 6.61 Å². The summed E-state index contributed by atoms with van der Waals surface area (Å²) in [5.41, 5.74) is 2.87. The third-order valence-electron chi connectivity index (χ3n) is 4.36. The van der Waals surface area contributed by atoms with E-state index in [9.17, 15) is 10.2 Å². The summed E-state index contributed by atoms with van der Waals surface area (Å²) >= 11 is 0. The summed E-state index contributed by atoms with van der Waals surface area (Å²) < 4.78 is 3.95. The van der Waals surface area contributed by atoms with Gasteiger partial charge in [-0.2, -0.15) is 0 Å². The van der Waals surface area contributed by atoms with Gasteiger partial charge in [-0.15, -0.1) is 0 Å². The average Bonchev–Trinajstić information content (AvgIpc) is 3.17. The molecule has 0 spiro atoms. The Bertz CT molecular complexity index is 987. The Morgan fingerprint density at radius 1 is 0.917 bits per heavy atom. The molecule has 2 aromatic carbocycles. The van der Waals surface area contributed by atoms with Crippen molar-refractivity contribution in [2.45, 2.75) is 25.8 Å². The van der Waals surface area contributed by atoms with Crippen molar-refractivity contribution in [3.8, 4) is 0 Å². The van der Waals surface area contributed by atoms with E-state index < -0.39 is 6.10 Å². The predicted octanol–water partition coefficient (Wildman–Crippen LogP) is 2.54. The highest BCUT2D eigenvalue weighted by atomic mass is 16.3. The first-order valence-electron chi connectivity index (χ1n) is 8.03. The molecule has 0 aliphatic carbocycles. The van der Waals surface area contributed by atoms with Crippen LogP contribution in [0.5, 0.6) is 0 Å². The zero-order valence-corrected chi connectivity index (χ0v) is 13.2. The van der Waals surface area contributed by atoms with Crippen LogP contribution in [0.1, 0.15) is 5.82 Å². The van der Waals surface area contributed by atoms with Crippen LogP contribution in [0, 0.1) is 0 Å². The predicted molar refractivity (Wildman–Crippen MR) is 93.6 cm³/mol. The number of hydrogen-bond donors (Lipinski definition) is 2. The quantitative estimate of drug-likeness (QED) is 0.594. The minimum Gasteiger partial charge on any atom is -0.389 e. The van der Waals surface area contributed by atoms with E-state index in [2.05, 4.69) is 15.6 Å². The van der Waals surface area contributed by atoms with Gasteiger partial charge in [0.15, 0.2) is 0 Å². The molecule has 5 nitrogen and oxygen atoms in total. The molecule has 0 saturated carbocycles. The fourth-order valence-corrected chi connectivity index (χ4v) is 3.25. The molecule has 4 aromatic rings. The Kier molecular flexibility index (Phi) is 3.80. The van der Waals surface area contributed by atoms with Crippen molar-refractivity contribution in [2.75, 3.05) is 0 Å². The van der Waals surface area contributed by atoms with E-state index in [0.717, 1.165) is 21.9 Å². The molecule has 0 unspecified atom stereocenters. The van der Waals surface area contributed by atoms with Gasteiger partial charge in [-0.05, 0) is 29.7 Å². The number of nitrogens with zero attached hydrogens (tertiary/aromatic N) is 3. The number of aliphatic hydroxyl groups excluding tert-OH is 2. The van der Waals surface area contributed by atoms with Crippen LogP contribution in [0.15, 0.2) is 60.8 Å². The number of aromatic nitrogens is 3. The zero-order chi connectivity index (χ0) is 16.5. The van der Waals surface area contributed by atoms with Gasteiger partial charge in [0.05, 0.1) is 30.2 Å². The van der Waals surface area contributed by atoms with Crippen molar-refractivity contribution < 1.29 is 10.2 Å². The minimum absolute atomic E-state index is 0.145. The van der Waals surface area contributed by atoms with E-state index in [1.54, 1.807) is 0 Å².